The first kappa shape index (κ1) is 10.5. The summed E-state index contributed by atoms with van der Waals surface area (Å²) in [4.78, 5) is 0. The highest BCUT2D eigenvalue weighted by Crippen LogP contribution is 2.36. The lowest BCUT2D eigenvalue weighted by molar-refractivity contribution is -0.148. The van der Waals surface area contributed by atoms with E-state index < -0.39 is 12.1 Å². The van der Waals surface area contributed by atoms with Crippen LogP contribution in [-0.2, 0) is 0 Å². The van der Waals surface area contributed by atoms with E-state index in [-0.39, 0.29) is 6.54 Å². The van der Waals surface area contributed by atoms with Crippen LogP contribution in [0.2, 0.25) is 0 Å². The van der Waals surface area contributed by atoms with Crippen molar-refractivity contribution in [2.75, 3.05) is 6.54 Å². The molecule has 1 unspecified atom stereocenters. The molecule has 1 heterocycles. The minimum absolute atomic E-state index is 0.306. The molecule has 1 atom stereocenters. The van der Waals surface area contributed by atoms with E-state index in [1.165, 1.54) is 16.7 Å². The van der Waals surface area contributed by atoms with Gasteiger partial charge >= 0.3 is 6.18 Å². The molecule has 1 aromatic rings. The quantitative estimate of drug-likeness (QED) is 0.796. The molecule has 0 fully saturated rings. The maximum Gasteiger partial charge on any atom is 0.396 e. The van der Waals surface area contributed by atoms with Crippen LogP contribution in [0.1, 0.15) is 17.0 Å². The molecule has 1 nitrogen and oxygen atoms in total. The number of rotatable bonds is 2. The van der Waals surface area contributed by atoms with Crippen molar-refractivity contribution in [3.05, 3.63) is 21.9 Å². The Bertz CT molecular complexity index is 279. The van der Waals surface area contributed by atoms with E-state index in [9.17, 15) is 13.2 Å². The van der Waals surface area contributed by atoms with Crippen LogP contribution in [0.5, 0.6) is 0 Å². The van der Waals surface area contributed by atoms with Crippen LogP contribution < -0.4 is 5.73 Å². The molecule has 0 saturated carbocycles. The van der Waals surface area contributed by atoms with Crippen molar-refractivity contribution < 1.29 is 13.2 Å². The van der Waals surface area contributed by atoms with Gasteiger partial charge in [0.1, 0.15) is 0 Å². The van der Waals surface area contributed by atoms with Gasteiger partial charge < -0.3 is 5.73 Å². The van der Waals surface area contributed by atoms with E-state index in [1.807, 2.05) is 0 Å². The molecule has 1 rings (SSSR count). The van der Waals surface area contributed by atoms with Gasteiger partial charge in [0.15, 0.2) is 0 Å². The number of alkyl halides is 3. The summed E-state index contributed by atoms with van der Waals surface area (Å²) in [6.07, 6.45) is -4.24. The standard InChI is InChI=1S/C8H10F3NS/c1-5-3-13-4-6(5)7(2-12)8(9,10)11/h3-4,7H,2,12H2,1H3. The van der Waals surface area contributed by atoms with E-state index in [2.05, 4.69) is 0 Å². The normalized spacial score (nSPS) is 14.5. The largest absolute Gasteiger partial charge is 0.396 e. The van der Waals surface area contributed by atoms with E-state index in [1.54, 1.807) is 12.3 Å². The Hall–Kier alpha value is -0.550. The van der Waals surface area contributed by atoms with Gasteiger partial charge in [0.2, 0.25) is 0 Å². The van der Waals surface area contributed by atoms with Crippen LogP contribution in [0.4, 0.5) is 13.2 Å². The lowest BCUT2D eigenvalue weighted by Gasteiger charge is -2.18. The highest BCUT2D eigenvalue weighted by Gasteiger charge is 2.40. The van der Waals surface area contributed by atoms with Gasteiger partial charge in [-0.25, -0.2) is 0 Å². The maximum absolute atomic E-state index is 12.4. The first-order chi connectivity index (χ1) is 5.96. The lowest BCUT2D eigenvalue weighted by atomic mass is 9.99. The van der Waals surface area contributed by atoms with E-state index in [0.717, 1.165) is 0 Å². The fraction of sp³-hybridized carbons (Fsp3) is 0.500. The summed E-state index contributed by atoms with van der Waals surface area (Å²) < 4.78 is 37.2. The van der Waals surface area contributed by atoms with Crippen molar-refractivity contribution in [3.8, 4) is 0 Å². The second kappa shape index (κ2) is 3.67. The van der Waals surface area contributed by atoms with Crippen molar-refractivity contribution >= 4 is 11.3 Å². The topological polar surface area (TPSA) is 26.0 Å². The number of nitrogens with two attached hydrogens (primary N) is 1. The zero-order valence-corrected chi connectivity index (χ0v) is 7.88. The average Bonchev–Trinajstić information content (AvgIpc) is 2.35. The molecule has 0 aliphatic carbocycles. The molecule has 74 valence electrons. The number of hydrogen-bond donors (Lipinski definition) is 1. The lowest BCUT2D eigenvalue weighted by Crippen LogP contribution is -2.28. The summed E-state index contributed by atoms with van der Waals surface area (Å²) in [6, 6.07) is 0. The zero-order chi connectivity index (χ0) is 10.1. The minimum atomic E-state index is -4.24. The van der Waals surface area contributed by atoms with Crippen LogP contribution in [0.15, 0.2) is 10.8 Å². The Morgan fingerprint density at radius 3 is 2.38 bits per heavy atom. The summed E-state index contributed by atoms with van der Waals surface area (Å²) >= 11 is 1.27. The number of hydrogen-bond acceptors (Lipinski definition) is 2. The SMILES string of the molecule is Cc1cscc1C(CN)C(F)(F)F. The highest BCUT2D eigenvalue weighted by molar-refractivity contribution is 7.08. The first-order valence-corrected chi connectivity index (χ1v) is 4.70. The molecule has 0 bridgehead atoms. The highest BCUT2D eigenvalue weighted by atomic mass is 32.1. The predicted octanol–water partition coefficient (Wildman–Crippen LogP) is 2.66. The predicted molar refractivity (Wildman–Crippen MR) is 46.9 cm³/mol. The smallest absolute Gasteiger partial charge is 0.330 e. The van der Waals surface area contributed by atoms with Crippen molar-refractivity contribution in [2.45, 2.75) is 19.0 Å². The third-order valence-electron chi connectivity index (χ3n) is 1.90. The summed E-state index contributed by atoms with van der Waals surface area (Å²) in [6.45, 7) is 1.28. The summed E-state index contributed by atoms with van der Waals surface area (Å²) in [5.74, 6) is -1.52. The van der Waals surface area contributed by atoms with Gasteiger partial charge in [0, 0.05) is 6.54 Å². The molecule has 0 aromatic carbocycles. The Morgan fingerprint density at radius 1 is 1.46 bits per heavy atom. The molecule has 0 spiro atoms. The van der Waals surface area contributed by atoms with Gasteiger partial charge in [-0.2, -0.15) is 24.5 Å². The molecule has 2 N–H and O–H groups in total. The molecule has 13 heavy (non-hydrogen) atoms. The second-order valence-electron chi connectivity index (χ2n) is 2.84. The zero-order valence-electron chi connectivity index (χ0n) is 7.06. The Balaban J connectivity index is 2.98. The molecular weight excluding hydrogens is 199 g/mol. The van der Waals surface area contributed by atoms with Crippen molar-refractivity contribution in [2.24, 2.45) is 5.73 Å². The van der Waals surface area contributed by atoms with Crippen LogP contribution in [0.3, 0.4) is 0 Å². The van der Waals surface area contributed by atoms with Gasteiger partial charge in [-0.05, 0) is 28.8 Å². The van der Waals surface area contributed by atoms with Crippen molar-refractivity contribution in [1.29, 1.82) is 0 Å². The molecule has 0 aliphatic rings. The van der Waals surface area contributed by atoms with Gasteiger partial charge in [0.25, 0.3) is 0 Å². The second-order valence-corrected chi connectivity index (χ2v) is 3.58. The summed E-state index contributed by atoms with van der Waals surface area (Å²) in [5, 5.41) is 3.21. The molecule has 0 radical (unpaired) electrons. The fourth-order valence-corrected chi connectivity index (χ4v) is 2.07. The summed E-state index contributed by atoms with van der Waals surface area (Å²) in [5.41, 5.74) is 6.07. The molecular formula is C8H10F3NS. The third-order valence-corrected chi connectivity index (χ3v) is 2.78. The Labute approximate surface area is 78.4 Å². The van der Waals surface area contributed by atoms with E-state index in [4.69, 9.17) is 5.73 Å². The third kappa shape index (κ3) is 2.22. The molecule has 1 aromatic heterocycles. The number of halogens is 3. The molecule has 0 saturated heterocycles. The van der Waals surface area contributed by atoms with Gasteiger partial charge in [-0.15, -0.1) is 0 Å². The average molecular weight is 209 g/mol. The molecule has 5 heteroatoms. The van der Waals surface area contributed by atoms with Crippen LogP contribution in [0.25, 0.3) is 0 Å². The van der Waals surface area contributed by atoms with E-state index >= 15 is 0 Å². The van der Waals surface area contributed by atoms with Gasteiger partial charge in [-0.1, -0.05) is 0 Å². The van der Waals surface area contributed by atoms with Gasteiger partial charge in [0.05, 0.1) is 5.92 Å². The van der Waals surface area contributed by atoms with Crippen molar-refractivity contribution in [1.82, 2.24) is 0 Å². The first-order valence-electron chi connectivity index (χ1n) is 3.76. The van der Waals surface area contributed by atoms with Crippen LogP contribution in [-0.4, -0.2) is 12.7 Å². The fourth-order valence-electron chi connectivity index (χ4n) is 1.16. The number of aryl methyl sites for hydroxylation is 1. The molecule has 0 amide bonds. The van der Waals surface area contributed by atoms with Crippen LogP contribution >= 0.6 is 11.3 Å². The van der Waals surface area contributed by atoms with Gasteiger partial charge in [-0.3, -0.25) is 0 Å². The monoisotopic (exact) mass is 209 g/mol. The Morgan fingerprint density at radius 2 is 2.08 bits per heavy atom. The maximum atomic E-state index is 12.4. The van der Waals surface area contributed by atoms with E-state index in [0.29, 0.717) is 11.1 Å². The van der Waals surface area contributed by atoms with Crippen molar-refractivity contribution in [3.63, 3.8) is 0 Å². The Kier molecular flexibility index (Phi) is 2.98. The minimum Gasteiger partial charge on any atom is -0.330 e. The number of thiophene rings is 1. The molecule has 0 aliphatic heterocycles. The summed E-state index contributed by atoms with van der Waals surface area (Å²) in [7, 11) is 0. The van der Waals surface area contributed by atoms with Crippen LogP contribution in [0, 0.1) is 6.92 Å².